The molecule has 0 aliphatic rings. The van der Waals surface area contributed by atoms with Crippen LogP contribution in [-0.4, -0.2) is 34.0 Å². The van der Waals surface area contributed by atoms with E-state index in [-0.39, 0.29) is 5.41 Å². The fraction of sp³-hybridized carbons (Fsp3) is 0.600. The van der Waals surface area contributed by atoms with E-state index in [4.69, 9.17) is 10.9 Å². The molecule has 1 rings (SSSR count). The molecule has 1 aromatic rings. The highest BCUT2D eigenvalue weighted by Crippen LogP contribution is 2.22. The summed E-state index contributed by atoms with van der Waals surface area (Å²) in [5.74, 6) is 0.301. The molecular weight excluding hydrogens is 252 g/mol. The van der Waals surface area contributed by atoms with Crippen molar-refractivity contribution in [2.24, 2.45) is 16.3 Å². The van der Waals surface area contributed by atoms with E-state index in [0.717, 1.165) is 32.5 Å². The molecule has 0 aromatic carbocycles. The number of hydrogen-bond donors (Lipinski definition) is 2. The molecule has 5 heteroatoms. The highest BCUT2D eigenvalue weighted by molar-refractivity contribution is 5.85. The first-order valence-corrected chi connectivity index (χ1v) is 7.09. The molecule has 0 atom stereocenters. The van der Waals surface area contributed by atoms with Crippen LogP contribution in [0.1, 0.15) is 39.2 Å². The van der Waals surface area contributed by atoms with Crippen molar-refractivity contribution < 1.29 is 5.21 Å². The monoisotopic (exact) mass is 278 g/mol. The molecule has 3 N–H and O–H groups in total. The summed E-state index contributed by atoms with van der Waals surface area (Å²) in [6.45, 7) is 9.11. The van der Waals surface area contributed by atoms with E-state index < -0.39 is 0 Å². The Labute approximate surface area is 121 Å². The van der Waals surface area contributed by atoms with Gasteiger partial charge < -0.3 is 10.9 Å². The van der Waals surface area contributed by atoms with Crippen molar-refractivity contribution in [2.75, 3.05) is 13.1 Å². The van der Waals surface area contributed by atoms with Crippen LogP contribution in [0.3, 0.4) is 0 Å². The summed E-state index contributed by atoms with van der Waals surface area (Å²) in [6, 6.07) is 4.09. The van der Waals surface area contributed by atoms with Gasteiger partial charge in [-0.25, -0.2) is 0 Å². The van der Waals surface area contributed by atoms with Gasteiger partial charge in [0.2, 0.25) is 0 Å². The quantitative estimate of drug-likeness (QED) is 0.331. The molecule has 0 saturated carbocycles. The van der Waals surface area contributed by atoms with Crippen molar-refractivity contribution in [3.63, 3.8) is 0 Å². The van der Waals surface area contributed by atoms with Crippen molar-refractivity contribution >= 4 is 5.84 Å². The Balaban J connectivity index is 2.43. The van der Waals surface area contributed by atoms with Crippen LogP contribution < -0.4 is 5.73 Å². The highest BCUT2D eigenvalue weighted by atomic mass is 16.4. The minimum Gasteiger partial charge on any atom is -0.409 e. The normalized spacial score (nSPS) is 12.9. The van der Waals surface area contributed by atoms with Crippen LogP contribution in [0.2, 0.25) is 0 Å². The third kappa shape index (κ3) is 5.17. The molecule has 0 fully saturated rings. The zero-order valence-corrected chi connectivity index (χ0v) is 12.7. The van der Waals surface area contributed by atoms with Crippen molar-refractivity contribution in [3.05, 3.63) is 30.1 Å². The summed E-state index contributed by atoms with van der Waals surface area (Å²) >= 11 is 0. The van der Waals surface area contributed by atoms with Gasteiger partial charge in [-0.1, -0.05) is 25.9 Å². The van der Waals surface area contributed by atoms with Gasteiger partial charge >= 0.3 is 0 Å². The third-order valence-corrected chi connectivity index (χ3v) is 3.68. The Bertz CT molecular complexity index is 417. The molecule has 0 radical (unpaired) electrons. The number of nitrogens with two attached hydrogens (primary N) is 1. The molecule has 112 valence electrons. The maximum absolute atomic E-state index is 8.77. The number of hydrogen-bond acceptors (Lipinski definition) is 4. The van der Waals surface area contributed by atoms with Crippen LogP contribution in [0.15, 0.2) is 29.7 Å². The van der Waals surface area contributed by atoms with Gasteiger partial charge in [0, 0.05) is 24.4 Å². The number of nitrogens with zero attached hydrogens (tertiary/aromatic N) is 3. The van der Waals surface area contributed by atoms with E-state index in [1.807, 2.05) is 38.4 Å². The molecule has 0 amide bonds. The fourth-order valence-electron chi connectivity index (χ4n) is 2.10. The lowest BCUT2D eigenvalue weighted by molar-refractivity contribution is 0.258. The minimum absolute atomic E-state index is 0.259. The second-order valence-electron chi connectivity index (χ2n) is 5.70. The molecular formula is C15H26N4O. The Morgan fingerprint density at radius 3 is 2.60 bits per heavy atom. The molecule has 0 spiro atoms. The van der Waals surface area contributed by atoms with Gasteiger partial charge in [0.1, 0.15) is 5.84 Å². The molecule has 0 aliphatic carbocycles. The number of amidine groups is 1. The van der Waals surface area contributed by atoms with E-state index in [1.165, 1.54) is 5.56 Å². The molecule has 20 heavy (non-hydrogen) atoms. The second kappa shape index (κ2) is 7.85. The van der Waals surface area contributed by atoms with Crippen LogP contribution in [0.4, 0.5) is 0 Å². The predicted molar refractivity (Wildman–Crippen MR) is 81.6 cm³/mol. The van der Waals surface area contributed by atoms with Crippen LogP contribution in [0.5, 0.6) is 0 Å². The van der Waals surface area contributed by atoms with Crippen LogP contribution in [0.25, 0.3) is 0 Å². The predicted octanol–water partition coefficient (Wildman–Crippen LogP) is 2.46. The van der Waals surface area contributed by atoms with E-state index in [9.17, 15) is 0 Å². The van der Waals surface area contributed by atoms with Crippen molar-refractivity contribution in [3.8, 4) is 0 Å². The topological polar surface area (TPSA) is 74.7 Å². The lowest BCUT2D eigenvalue weighted by Crippen LogP contribution is -2.33. The van der Waals surface area contributed by atoms with Gasteiger partial charge in [-0.2, -0.15) is 0 Å². The lowest BCUT2D eigenvalue weighted by atomic mass is 9.86. The molecule has 0 saturated heterocycles. The van der Waals surface area contributed by atoms with Crippen LogP contribution in [0, 0.1) is 5.41 Å². The van der Waals surface area contributed by atoms with Crippen LogP contribution in [-0.2, 0) is 6.54 Å². The first-order valence-electron chi connectivity index (χ1n) is 7.09. The summed E-state index contributed by atoms with van der Waals surface area (Å²) in [6.07, 6.45) is 5.56. The third-order valence-electron chi connectivity index (χ3n) is 3.68. The van der Waals surface area contributed by atoms with E-state index in [1.54, 1.807) is 0 Å². The smallest absolute Gasteiger partial charge is 0.144 e. The average Bonchev–Trinajstić information content (AvgIpc) is 2.46. The SMILES string of the molecule is CCN(CCCC(C)(C)C(N)=NO)Cc1ccncc1. The summed E-state index contributed by atoms with van der Waals surface area (Å²) in [7, 11) is 0. The number of pyridine rings is 1. The standard InChI is InChI=1S/C15H26N4O/c1-4-19(12-13-6-9-17-10-7-13)11-5-8-15(2,3)14(16)18-20/h6-7,9-10,20H,4-5,8,11-12H2,1-3H3,(H2,16,18). The zero-order valence-electron chi connectivity index (χ0n) is 12.7. The largest absolute Gasteiger partial charge is 0.409 e. The first-order chi connectivity index (χ1) is 9.49. The highest BCUT2D eigenvalue weighted by Gasteiger charge is 2.23. The molecule has 1 aromatic heterocycles. The van der Waals surface area contributed by atoms with Crippen LogP contribution >= 0.6 is 0 Å². The minimum atomic E-state index is -0.259. The molecule has 0 aliphatic heterocycles. The summed E-state index contributed by atoms with van der Waals surface area (Å²) in [4.78, 5) is 6.42. The zero-order chi connectivity index (χ0) is 15.0. The number of rotatable bonds is 8. The fourth-order valence-corrected chi connectivity index (χ4v) is 2.10. The van der Waals surface area contributed by atoms with E-state index in [0.29, 0.717) is 5.84 Å². The van der Waals surface area contributed by atoms with Crippen molar-refractivity contribution in [1.29, 1.82) is 0 Å². The first kappa shape index (κ1) is 16.4. The Morgan fingerprint density at radius 2 is 2.05 bits per heavy atom. The summed E-state index contributed by atoms with van der Waals surface area (Å²) in [5, 5.41) is 11.9. The Kier molecular flexibility index (Phi) is 6.45. The maximum Gasteiger partial charge on any atom is 0.144 e. The molecule has 5 nitrogen and oxygen atoms in total. The Morgan fingerprint density at radius 1 is 1.40 bits per heavy atom. The van der Waals surface area contributed by atoms with Gasteiger partial charge in [-0.05, 0) is 43.6 Å². The van der Waals surface area contributed by atoms with E-state index in [2.05, 4.69) is 22.0 Å². The van der Waals surface area contributed by atoms with Gasteiger partial charge in [-0.15, -0.1) is 0 Å². The van der Waals surface area contributed by atoms with Crippen molar-refractivity contribution in [2.45, 2.75) is 40.2 Å². The van der Waals surface area contributed by atoms with Gasteiger partial charge in [0.15, 0.2) is 0 Å². The lowest BCUT2D eigenvalue weighted by Gasteiger charge is -2.25. The van der Waals surface area contributed by atoms with Gasteiger partial charge in [0.05, 0.1) is 0 Å². The van der Waals surface area contributed by atoms with E-state index >= 15 is 0 Å². The molecule has 0 unspecified atom stereocenters. The average molecular weight is 278 g/mol. The summed E-state index contributed by atoms with van der Waals surface area (Å²) in [5.41, 5.74) is 6.72. The number of aromatic nitrogens is 1. The number of oxime groups is 1. The second-order valence-corrected chi connectivity index (χ2v) is 5.70. The molecule has 1 heterocycles. The van der Waals surface area contributed by atoms with Gasteiger partial charge in [-0.3, -0.25) is 9.88 Å². The van der Waals surface area contributed by atoms with Crippen molar-refractivity contribution in [1.82, 2.24) is 9.88 Å². The molecule has 0 bridgehead atoms. The Hall–Kier alpha value is -1.62. The maximum atomic E-state index is 8.77. The summed E-state index contributed by atoms with van der Waals surface area (Å²) < 4.78 is 0. The van der Waals surface area contributed by atoms with Gasteiger partial charge in [0.25, 0.3) is 0 Å².